The van der Waals surface area contributed by atoms with Gasteiger partial charge in [0.15, 0.2) is 0 Å². The Labute approximate surface area is 200 Å². The van der Waals surface area contributed by atoms with Crippen molar-refractivity contribution < 1.29 is 22.7 Å². The molecule has 35 heavy (non-hydrogen) atoms. The Morgan fingerprint density at radius 1 is 1.20 bits per heavy atom. The maximum Gasteiger partial charge on any atom is 0.416 e. The highest BCUT2D eigenvalue weighted by Gasteiger charge is 2.42. The van der Waals surface area contributed by atoms with E-state index in [2.05, 4.69) is 16.9 Å². The number of nitrogen functional groups attached to an aromatic ring is 1. The SMILES string of the molecule is C[C@@H]1CC2CCc3cc(C(F)(F)F)ccc3[C@@H]2N(C(=O)c2cc3c4c(c(N)nc3cn2)COC4)C1. The van der Waals surface area contributed by atoms with Crippen LogP contribution >= 0.6 is 0 Å². The van der Waals surface area contributed by atoms with Gasteiger partial charge in [0.05, 0.1) is 36.5 Å². The minimum atomic E-state index is -4.39. The molecule has 4 heterocycles. The van der Waals surface area contributed by atoms with Gasteiger partial charge in [0.2, 0.25) is 0 Å². The van der Waals surface area contributed by atoms with Crippen LogP contribution in [0.4, 0.5) is 19.0 Å². The number of piperidine rings is 1. The second-order valence-electron chi connectivity index (χ2n) is 9.99. The van der Waals surface area contributed by atoms with Gasteiger partial charge in [0.25, 0.3) is 5.91 Å². The number of nitrogens with two attached hydrogens (primary N) is 1. The van der Waals surface area contributed by atoms with E-state index in [1.165, 1.54) is 6.07 Å². The number of benzene rings is 1. The highest BCUT2D eigenvalue weighted by atomic mass is 19.4. The quantitative estimate of drug-likeness (QED) is 0.525. The molecule has 0 spiro atoms. The normalized spacial score (nSPS) is 23.7. The molecule has 9 heteroatoms. The molecule has 2 aromatic heterocycles. The number of likely N-dealkylation sites (tertiary alicyclic amines) is 1. The average molecular weight is 483 g/mol. The third kappa shape index (κ3) is 3.64. The summed E-state index contributed by atoms with van der Waals surface area (Å²) in [5.74, 6) is 0.684. The Kier molecular flexibility index (Phi) is 5.03. The fraction of sp³-hybridized carbons (Fsp3) is 0.423. The number of rotatable bonds is 1. The zero-order valence-corrected chi connectivity index (χ0v) is 19.2. The topological polar surface area (TPSA) is 81.3 Å². The molecule has 2 aliphatic heterocycles. The molecule has 182 valence electrons. The number of hydrogen-bond acceptors (Lipinski definition) is 5. The highest BCUT2D eigenvalue weighted by Crippen LogP contribution is 2.47. The van der Waals surface area contributed by atoms with Crippen molar-refractivity contribution in [3.63, 3.8) is 0 Å². The second-order valence-corrected chi connectivity index (χ2v) is 9.99. The van der Waals surface area contributed by atoms with Crippen molar-refractivity contribution in [2.75, 3.05) is 12.3 Å². The van der Waals surface area contributed by atoms with Crippen molar-refractivity contribution in [1.29, 1.82) is 0 Å². The summed E-state index contributed by atoms with van der Waals surface area (Å²) in [6.45, 7) is 3.43. The van der Waals surface area contributed by atoms with Gasteiger partial charge >= 0.3 is 6.18 Å². The lowest BCUT2D eigenvalue weighted by atomic mass is 9.72. The molecule has 3 aromatic rings. The molecule has 1 saturated heterocycles. The lowest BCUT2D eigenvalue weighted by molar-refractivity contribution is -0.137. The zero-order chi connectivity index (χ0) is 24.5. The predicted molar refractivity (Wildman–Crippen MR) is 123 cm³/mol. The third-order valence-corrected chi connectivity index (χ3v) is 7.66. The maximum atomic E-state index is 13.9. The highest BCUT2D eigenvalue weighted by molar-refractivity contribution is 5.97. The number of carbonyl (C=O) groups excluding carboxylic acids is 1. The van der Waals surface area contributed by atoms with Gasteiger partial charge < -0.3 is 15.4 Å². The Bertz CT molecular complexity index is 1360. The molecule has 1 aliphatic carbocycles. The standard InChI is InChI=1S/C26H25F3N4O2/c1-13-6-15-3-2-14-7-16(26(27,28)29)4-5-17(14)23(15)33(10-13)25(34)21-8-18-19-11-35-12-20(19)24(30)32-22(18)9-31-21/h4-5,7-9,13,15,23H,2-3,6,10-12H2,1H3,(H2,30,32)/t13-,15?,23-/m1/s1. The number of anilines is 1. The molecule has 6 nitrogen and oxygen atoms in total. The number of hydrogen-bond donors (Lipinski definition) is 1. The summed E-state index contributed by atoms with van der Waals surface area (Å²) in [5.41, 5.74) is 9.58. The molecular formula is C26H25F3N4O2. The summed E-state index contributed by atoms with van der Waals surface area (Å²) in [5, 5.41) is 0.797. The van der Waals surface area contributed by atoms with E-state index >= 15 is 0 Å². The minimum Gasteiger partial charge on any atom is -0.383 e. The van der Waals surface area contributed by atoms with Crippen LogP contribution in [0.2, 0.25) is 0 Å². The van der Waals surface area contributed by atoms with E-state index in [9.17, 15) is 18.0 Å². The number of fused-ring (bicyclic) bond motifs is 6. The zero-order valence-electron chi connectivity index (χ0n) is 19.2. The molecule has 0 radical (unpaired) electrons. The fourth-order valence-electron chi connectivity index (χ4n) is 6.10. The van der Waals surface area contributed by atoms with Crippen LogP contribution in [0.5, 0.6) is 0 Å². The second kappa shape index (κ2) is 7.91. The van der Waals surface area contributed by atoms with Crippen LogP contribution in [0.15, 0.2) is 30.5 Å². The number of carbonyl (C=O) groups is 1. The summed E-state index contributed by atoms with van der Waals surface area (Å²) in [6.07, 6.45) is -0.547. The molecule has 1 amide bonds. The molecule has 6 rings (SSSR count). The number of nitrogens with zero attached hydrogens (tertiary/aromatic N) is 3. The summed E-state index contributed by atoms with van der Waals surface area (Å²) < 4.78 is 45.5. The predicted octanol–water partition coefficient (Wildman–Crippen LogP) is 5.05. The molecule has 1 aromatic carbocycles. The van der Waals surface area contributed by atoms with E-state index in [0.717, 1.165) is 41.0 Å². The van der Waals surface area contributed by atoms with E-state index in [-0.39, 0.29) is 23.8 Å². The lowest BCUT2D eigenvalue weighted by Crippen LogP contribution is -2.47. The first-order valence-corrected chi connectivity index (χ1v) is 11.9. The minimum absolute atomic E-state index is 0.200. The molecule has 0 saturated carbocycles. The lowest BCUT2D eigenvalue weighted by Gasteiger charge is -2.47. The van der Waals surface area contributed by atoms with Crippen molar-refractivity contribution in [1.82, 2.24) is 14.9 Å². The Hall–Kier alpha value is -3.20. The van der Waals surface area contributed by atoms with Gasteiger partial charge in [-0.1, -0.05) is 13.0 Å². The number of pyridine rings is 2. The first-order valence-electron chi connectivity index (χ1n) is 11.9. The monoisotopic (exact) mass is 482 g/mol. The maximum absolute atomic E-state index is 13.9. The van der Waals surface area contributed by atoms with Crippen LogP contribution in [0.3, 0.4) is 0 Å². The molecule has 0 bridgehead atoms. The molecule has 3 atom stereocenters. The summed E-state index contributed by atoms with van der Waals surface area (Å²) >= 11 is 0. The molecule has 2 N–H and O–H groups in total. The van der Waals surface area contributed by atoms with Crippen LogP contribution in [-0.2, 0) is 30.5 Å². The van der Waals surface area contributed by atoms with Crippen molar-refractivity contribution in [2.24, 2.45) is 11.8 Å². The first-order chi connectivity index (χ1) is 16.7. The van der Waals surface area contributed by atoms with Crippen molar-refractivity contribution in [2.45, 2.75) is 51.6 Å². The summed E-state index contributed by atoms with van der Waals surface area (Å²) in [4.78, 5) is 24.5. The fourth-order valence-corrected chi connectivity index (χ4v) is 6.10. The van der Waals surface area contributed by atoms with E-state index in [0.29, 0.717) is 48.8 Å². The average Bonchev–Trinajstić information content (AvgIpc) is 3.33. The van der Waals surface area contributed by atoms with Crippen LogP contribution in [-0.4, -0.2) is 27.3 Å². The summed E-state index contributed by atoms with van der Waals surface area (Å²) in [6, 6.07) is 5.44. The van der Waals surface area contributed by atoms with E-state index in [1.807, 2.05) is 4.90 Å². The number of aromatic nitrogens is 2. The first kappa shape index (κ1) is 22.3. The van der Waals surface area contributed by atoms with Crippen molar-refractivity contribution in [3.8, 4) is 0 Å². The summed E-state index contributed by atoms with van der Waals surface area (Å²) in [7, 11) is 0. The third-order valence-electron chi connectivity index (χ3n) is 7.66. The van der Waals surface area contributed by atoms with Gasteiger partial charge in [-0.15, -0.1) is 0 Å². The number of halogens is 3. The van der Waals surface area contributed by atoms with E-state index < -0.39 is 11.7 Å². The van der Waals surface area contributed by atoms with Gasteiger partial charge in [0.1, 0.15) is 11.5 Å². The smallest absolute Gasteiger partial charge is 0.383 e. The van der Waals surface area contributed by atoms with Crippen LogP contribution in [0.1, 0.15) is 64.1 Å². The van der Waals surface area contributed by atoms with Crippen molar-refractivity contribution >= 4 is 22.6 Å². The van der Waals surface area contributed by atoms with Gasteiger partial charge in [-0.2, -0.15) is 13.2 Å². The molecule has 1 unspecified atom stereocenters. The molecule has 1 fully saturated rings. The van der Waals surface area contributed by atoms with Crippen LogP contribution < -0.4 is 5.73 Å². The number of amides is 1. The largest absolute Gasteiger partial charge is 0.416 e. The van der Waals surface area contributed by atoms with Crippen LogP contribution in [0, 0.1) is 11.8 Å². The number of aryl methyl sites for hydroxylation is 1. The Morgan fingerprint density at radius 3 is 2.80 bits per heavy atom. The molecule has 3 aliphatic rings. The van der Waals surface area contributed by atoms with Crippen molar-refractivity contribution in [3.05, 3.63) is 64.0 Å². The van der Waals surface area contributed by atoms with Gasteiger partial charge in [-0.3, -0.25) is 4.79 Å². The van der Waals surface area contributed by atoms with Gasteiger partial charge in [-0.05, 0) is 66.0 Å². The Morgan fingerprint density at radius 2 is 2.00 bits per heavy atom. The molecular weight excluding hydrogens is 457 g/mol. The van der Waals surface area contributed by atoms with E-state index in [1.54, 1.807) is 18.3 Å². The Balaban J connectivity index is 1.41. The number of alkyl halides is 3. The number of ether oxygens (including phenoxy) is 1. The van der Waals surface area contributed by atoms with Gasteiger partial charge in [0, 0.05) is 17.5 Å². The van der Waals surface area contributed by atoms with E-state index in [4.69, 9.17) is 10.5 Å². The van der Waals surface area contributed by atoms with Gasteiger partial charge in [-0.25, -0.2) is 9.97 Å². The van der Waals surface area contributed by atoms with Crippen LogP contribution in [0.25, 0.3) is 10.9 Å².